The van der Waals surface area contributed by atoms with Crippen LogP contribution in [0.5, 0.6) is 0 Å². The second-order valence-electron chi connectivity index (χ2n) is 4.90. The van der Waals surface area contributed by atoms with Gasteiger partial charge in [0.15, 0.2) is 5.96 Å². The number of carbonyl (C=O) groups excluding carboxylic acids is 1. The van der Waals surface area contributed by atoms with Crippen molar-refractivity contribution in [1.29, 1.82) is 0 Å². The van der Waals surface area contributed by atoms with Gasteiger partial charge in [0.1, 0.15) is 0 Å². The monoisotopic (exact) mass is 212 g/mol. The Kier molecular flexibility index (Phi) is 3.55. The number of hydrogen-bond acceptors (Lipinski definition) is 2. The van der Waals surface area contributed by atoms with Crippen LogP contribution in [0.4, 0.5) is 0 Å². The first kappa shape index (κ1) is 11.8. The molecular weight excluding hydrogens is 192 g/mol. The van der Waals surface area contributed by atoms with Crippen molar-refractivity contribution in [2.24, 2.45) is 10.7 Å². The third kappa shape index (κ3) is 4.67. The van der Waals surface area contributed by atoms with Gasteiger partial charge in [0, 0.05) is 18.0 Å². The maximum absolute atomic E-state index is 10.9. The molecule has 1 atom stereocenters. The molecule has 1 heterocycles. The molecule has 15 heavy (non-hydrogen) atoms. The Morgan fingerprint density at radius 3 is 2.80 bits per heavy atom. The highest BCUT2D eigenvalue weighted by Gasteiger charge is 2.20. The molecule has 1 amide bonds. The van der Waals surface area contributed by atoms with E-state index in [0.717, 1.165) is 6.42 Å². The van der Waals surface area contributed by atoms with Gasteiger partial charge < -0.3 is 16.4 Å². The molecule has 1 aliphatic rings. The number of amides is 1. The summed E-state index contributed by atoms with van der Waals surface area (Å²) < 4.78 is 0. The SMILES string of the molecule is CC(C)(C)NC(N)=NCC1CCC(=O)N1. The van der Waals surface area contributed by atoms with E-state index in [2.05, 4.69) is 15.6 Å². The van der Waals surface area contributed by atoms with E-state index < -0.39 is 0 Å². The largest absolute Gasteiger partial charge is 0.370 e. The fourth-order valence-corrected chi connectivity index (χ4v) is 1.45. The first-order valence-electron chi connectivity index (χ1n) is 5.24. The number of guanidine groups is 1. The van der Waals surface area contributed by atoms with E-state index in [-0.39, 0.29) is 17.5 Å². The molecule has 1 fully saturated rings. The Labute approximate surface area is 90.5 Å². The fraction of sp³-hybridized carbons (Fsp3) is 0.800. The highest BCUT2D eigenvalue weighted by atomic mass is 16.1. The van der Waals surface area contributed by atoms with Crippen LogP contribution >= 0.6 is 0 Å². The number of carbonyl (C=O) groups is 1. The summed E-state index contributed by atoms with van der Waals surface area (Å²) in [6, 6.07) is 0.151. The van der Waals surface area contributed by atoms with E-state index in [1.54, 1.807) is 0 Å². The molecule has 5 nitrogen and oxygen atoms in total. The number of nitrogens with zero attached hydrogens (tertiary/aromatic N) is 1. The summed E-state index contributed by atoms with van der Waals surface area (Å²) in [5.41, 5.74) is 5.62. The summed E-state index contributed by atoms with van der Waals surface area (Å²) in [4.78, 5) is 15.1. The van der Waals surface area contributed by atoms with Crippen LogP contribution in [-0.2, 0) is 4.79 Å². The Bertz CT molecular complexity index is 267. The van der Waals surface area contributed by atoms with Crippen molar-refractivity contribution < 1.29 is 4.79 Å². The zero-order valence-corrected chi connectivity index (χ0v) is 9.63. The van der Waals surface area contributed by atoms with E-state index in [0.29, 0.717) is 18.9 Å². The van der Waals surface area contributed by atoms with Gasteiger partial charge in [-0.15, -0.1) is 0 Å². The minimum Gasteiger partial charge on any atom is -0.370 e. The van der Waals surface area contributed by atoms with E-state index in [9.17, 15) is 4.79 Å². The summed E-state index contributed by atoms with van der Waals surface area (Å²) in [5, 5.41) is 5.91. The lowest BCUT2D eigenvalue weighted by atomic mass is 10.1. The standard InChI is InChI=1S/C10H20N4O/c1-10(2,3)14-9(11)12-6-7-4-5-8(15)13-7/h7H,4-6H2,1-3H3,(H,13,15)(H3,11,12,14). The van der Waals surface area contributed by atoms with E-state index in [1.807, 2.05) is 20.8 Å². The number of hydrogen-bond donors (Lipinski definition) is 3. The molecule has 1 saturated heterocycles. The molecule has 0 aromatic carbocycles. The van der Waals surface area contributed by atoms with Crippen molar-refractivity contribution in [3.05, 3.63) is 0 Å². The van der Waals surface area contributed by atoms with E-state index in [1.165, 1.54) is 0 Å². The normalized spacial score (nSPS) is 22.7. The van der Waals surface area contributed by atoms with Crippen molar-refractivity contribution in [1.82, 2.24) is 10.6 Å². The molecule has 0 bridgehead atoms. The lowest BCUT2D eigenvalue weighted by molar-refractivity contribution is -0.119. The molecule has 4 N–H and O–H groups in total. The van der Waals surface area contributed by atoms with Gasteiger partial charge in [0.25, 0.3) is 0 Å². The molecule has 0 aliphatic carbocycles. The predicted octanol–water partition coefficient (Wildman–Crippen LogP) is -0.0322. The Morgan fingerprint density at radius 2 is 2.33 bits per heavy atom. The first-order chi connectivity index (χ1) is 6.87. The topological polar surface area (TPSA) is 79.5 Å². The summed E-state index contributed by atoms with van der Waals surface area (Å²) in [7, 11) is 0. The zero-order chi connectivity index (χ0) is 11.5. The summed E-state index contributed by atoms with van der Waals surface area (Å²) in [6.45, 7) is 6.62. The highest BCUT2D eigenvalue weighted by Crippen LogP contribution is 2.06. The minimum absolute atomic E-state index is 0.0769. The van der Waals surface area contributed by atoms with Crippen LogP contribution in [0.2, 0.25) is 0 Å². The maximum atomic E-state index is 10.9. The molecule has 0 aromatic heterocycles. The molecule has 1 unspecified atom stereocenters. The predicted molar refractivity (Wildman–Crippen MR) is 60.5 cm³/mol. The average Bonchev–Trinajstić information content (AvgIpc) is 2.45. The van der Waals surface area contributed by atoms with E-state index >= 15 is 0 Å². The van der Waals surface area contributed by atoms with Crippen molar-refractivity contribution in [2.45, 2.75) is 45.2 Å². The summed E-state index contributed by atoms with van der Waals surface area (Å²) in [6.07, 6.45) is 1.46. The highest BCUT2D eigenvalue weighted by molar-refractivity contribution is 5.79. The van der Waals surface area contributed by atoms with Gasteiger partial charge in [-0.1, -0.05) is 0 Å². The van der Waals surface area contributed by atoms with Crippen LogP contribution in [0, 0.1) is 0 Å². The molecule has 1 aliphatic heterocycles. The van der Waals surface area contributed by atoms with Crippen LogP contribution in [0.3, 0.4) is 0 Å². The lowest BCUT2D eigenvalue weighted by Crippen LogP contribution is -2.45. The van der Waals surface area contributed by atoms with Crippen LogP contribution < -0.4 is 16.4 Å². The molecule has 1 rings (SSSR count). The second-order valence-corrected chi connectivity index (χ2v) is 4.90. The van der Waals surface area contributed by atoms with Gasteiger partial charge in [-0.2, -0.15) is 0 Å². The lowest BCUT2D eigenvalue weighted by Gasteiger charge is -2.21. The second kappa shape index (κ2) is 4.51. The summed E-state index contributed by atoms with van der Waals surface area (Å²) in [5.74, 6) is 0.543. The Morgan fingerprint density at radius 1 is 1.67 bits per heavy atom. The van der Waals surface area contributed by atoms with Gasteiger partial charge in [0.2, 0.25) is 5.91 Å². The third-order valence-corrected chi connectivity index (χ3v) is 2.07. The molecule has 0 saturated carbocycles. The van der Waals surface area contributed by atoms with Gasteiger partial charge in [0.05, 0.1) is 6.54 Å². The average molecular weight is 212 g/mol. The fourth-order valence-electron chi connectivity index (χ4n) is 1.45. The molecule has 5 heteroatoms. The van der Waals surface area contributed by atoms with Crippen LogP contribution in [0.1, 0.15) is 33.6 Å². The minimum atomic E-state index is -0.0769. The van der Waals surface area contributed by atoms with Gasteiger partial charge in [-0.3, -0.25) is 9.79 Å². The number of nitrogens with one attached hydrogen (secondary N) is 2. The van der Waals surface area contributed by atoms with Gasteiger partial charge in [-0.25, -0.2) is 0 Å². The first-order valence-corrected chi connectivity index (χ1v) is 5.24. The Hall–Kier alpha value is -1.26. The zero-order valence-electron chi connectivity index (χ0n) is 9.63. The van der Waals surface area contributed by atoms with Gasteiger partial charge >= 0.3 is 0 Å². The molecular formula is C10H20N4O. The van der Waals surface area contributed by atoms with Crippen molar-refractivity contribution >= 4 is 11.9 Å². The van der Waals surface area contributed by atoms with Crippen molar-refractivity contribution in [3.63, 3.8) is 0 Å². The molecule has 0 radical (unpaired) electrons. The van der Waals surface area contributed by atoms with Crippen LogP contribution in [0.15, 0.2) is 4.99 Å². The smallest absolute Gasteiger partial charge is 0.220 e. The molecule has 0 aromatic rings. The maximum Gasteiger partial charge on any atom is 0.220 e. The van der Waals surface area contributed by atoms with Crippen molar-refractivity contribution in [2.75, 3.05) is 6.54 Å². The van der Waals surface area contributed by atoms with Crippen LogP contribution in [-0.4, -0.2) is 30.0 Å². The van der Waals surface area contributed by atoms with E-state index in [4.69, 9.17) is 5.73 Å². The van der Waals surface area contributed by atoms with Gasteiger partial charge in [-0.05, 0) is 27.2 Å². The number of aliphatic imine (C=N–C) groups is 1. The number of rotatable bonds is 2. The third-order valence-electron chi connectivity index (χ3n) is 2.07. The quantitative estimate of drug-likeness (QED) is 0.444. The number of nitrogens with two attached hydrogens (primary N) is 1. The summed E-state index contributed by atoms with van der Waals surface area (Å²) >= 11 is 0. The van der Waals surface area contributed by atoms with Crippen molar-refractivity contribution in [3.8, 4) is 0 Å². The van der Waals surface area contributed by atoms with Crippen LogP contribution in [0.25, 0.3) is 0 Å². The Balaban J connectivity index is 2.34. The molecule has 86 valence electrons. The molecule has 0 spiro atoms.